The second-order valence-corrected chi connectivity index (χ2v) is 4.63. The highest BCUT2D eigenvalue weighted by Gasteiger charge is 2.15. The highest BCUT2D eigenvalue weighted by Crippen LogP contribution is 2.12. The number of nitrogens with one attached hydrogen (secondary N) is 2. The van der Waals surface area contributed by atoms with Crippen LogP contribution in [0.4, 0.5) is 5.95 Å². The molecule has 6 heteroatoms. The van der Waals surface area contributed by atoms with Crippen LogP contribution in [0.15, 0.2) is 6.07 Å². The van der Waals surface area contributed by atoms with Crippen LogP contribution in [0.25, 0.3) is 0 Å². The Morgan fingerprint density at radius 2 is 2.05 bits per heavy atom. The third-order valence-electron chi connectivity index (χ3n) is 2.29. The fourth-order valence-electron chi connectivity index (χ4n) is 1.49. The topological polar surface area (TPSA) is 76.1 Å². The molecule has 1 unspecified atom stereocenters. The number of nitrogens with zero attached hydrogens (tertiary/aromatic N) is 2. The van der Waals surface area contributed by atoms with Gasteiger partial charge in [-0.1, -0.05) is 0 Å². The van der Waals surface area contributed by atoms with E-state index in [1.54, 1.807) is 13.0 Å². The lowest BCUT2D eigenvalue weighted by Crippen LogP contribution is -2.41. The van der Waals surface area contributed by atoms with Crippen LogP contribution in [0.2, 0.25) is 0 Å². The largest absolute Gasteiger partial charge is 0.478 e. The van der Waals surface area contributed by atoms with E-state index in [0.29, 0.717) is 18.4 Å². The third-order valence-corrected chi connectivity index (χ3v) is 2.29. The minimum Gasteiger partial charge on any atom is -0.478 e. The summed E-state index contributed by atoms with van der Waals surface area (Å²) in [6, 6.07) is 1.46. The summed E-state index contributed by atoms with van der Waals surface area (Å²) in [4.78, 5) is 20.2. The highest BCUT2D eigenvalue weighted by molar-refractivity contribution is 5.83. The predicted molar refractivity (Wildman–Crippen MR) is 74.3 cm³/mol. The summed E-state index contributed by atoms with van der Waals surface area (Å²) in [6.07, 6.45) is 0. The van der Waals surface area contributed by atoms with E-state index in [0.717, 1.165) is 5.69 Å². The average Bonchev–Trinajstić information content (AvgIpc) is 2.27. The first-order valence-electron chi connectivity index (χ1n) is 6.47. The molecule has 1 atom stereocenters. The van der Waals surface area contributed by atoms with Crippen molar-refractivity contribution >= 4 is 11.9 Å². The van der Waals surface area contributed by atoms with Crippen LogP contribution in [0, 0.1) is 6.92 Å². The number of carbonyl (C=O) groups excluding carboxylic acids is 1. The zero-order chi connectivity index (χ0) is 14.4. The fraction of sp³-hybridized carbons (Fsp3) is 0.615. The van der Waals surface area contributed by atoms with Crippen LogP contribution >= 0.6 is 0 Å². The van der Waals surface area contributed by atoms with Crippen molar-refractivity contribution < 1.29 is 9.53 Å². The zero-order valence-corrected chi connectivity index (χ0v) is 12.2. The monoisotopic (exact) mass is 266 g/mol. The van der Waals surface area contributed by atoms with Gasteiger partial charge in [0.2, 0.25) is 17.7 Å². The molecular formula is C13H22N4O2. The third kappa shape index (κ3) is 5.11. The van der Waals surface area contributed by atoms with E-state index in [1.807, 2.05) is 27.7 Å². The average molecular weight is 266 g/mol. The normalized spacial score (nSPS) is 12.1. The Morgan fingerprint density at radius 1 is 1.37 bits per heavy atom. The molecule has 1 rings (SSSR count). The number of carbonyl (C=O) groups is 1. The minimum atomic E-state index is -0.404. The van der Waals surface area contributed by atoms with Crippen LogP contribution < -0.4 is 15.4 Å². The predicted octanol–water partition coefficient (Wildman–Crippen LogP) is 1.51. The Kier molecular flexibility index (Phi) is 5.54. The highest BCUT2D eigenvalue weighted by atomic mass is 16.5. The van der Waals surface area contributed by atoms with Crippen LogP contribution in [0.3, 0.4) is 0 Å². The fourth-order valence-corrected chi connectivity index (χ4v) is 1.49. The molecular weight excluding hydrogens is 244 g/mol. The van der Waals surface area contributed by atoms with Gasteiger partial charge in [0.15, 0.2) is 0 Å². The summed E-state index contributed by atoms with van der Waals surface area (Å²) >= 11 is 0. The van der Waals surface area contributed by atoms with E-state index < -0.39 is 6.04 Å². The molecule has 106 valence electrons. The second kappa shape index (κ2) is 6.92. The van der Waals surface area contributed by atoms with Crippen molar-refractivity contribution in [3.05, 3.63) is 11.8 Å². The molecule has 0 aromatic carbocycles. The molecule has 0 saturated heterocycles. The number of rotatable bonds is 6. The molecule has 0 aliphatic rings. The van der Waals surface area contributed by atoms with Crippen molar-refractivity contribution in [1.29, 1.82) is 0 Å². The molecule has 0 aliphatic heterocycles. The molecule has 0 fully saturated rings. The summed E-state index contributed by atoms with van der Waals surface area (Å²) in [6.45, 7) is 9.89. The lowest BCUT2D eigenvalue weighted by Gasteiger charge is -2.16. The van der Waals surface area contributed by atoms with Gasteiger partial charge in [-0.05, 0) is 34.6 Å². The first-order valence-corrected chi connectivity index (χ1v) is 6.47. The summed E-state index contributed by atoms with van der Waals surface area (Å²) in [5.74, 6) is 0.821. The maximum atomic E-state index is 11.8. The van der Waals surface area contributed by atoms with Crippen LogP contribution in [0.5, 0.6) is 5.88 Å². The van der Waals surface area contributed by atoms with Crippen molar-refractivity contribution in [3.8, 4) is 5.88 Å². The van der Waals surface area contributed by atoms with Gasteiger partial charge in [0.25, 0.3) is 0 Å². The van der Waals surface area contributed by atoms with E-state index in [2.05, 4.69) is 20.6 Å². The number of hydrogen-bond donors (Lipinski definition) is 2. The van der Waals surface area contributed by atoms with Crippen LogP contribution in [-0.4, -0.2) is 34.6 Å². The first-order chi connectivity index (χ1) is 8.92. The van der Waals surface area contributed by atoms with E-state index >= 15 is 0 Å². The molecule has 19 heavy (non-hydrogen) atoms. The Bertz CT molecular complexity index is 435. The minimum absolute atomic E-state index is 0.0851. The lowest BCUT2D eigenvalue weighted by atomic mass is 10.3. The van der Waals surface area contributed by atoms with Gasteiger partial charge in [-0.3, -0.25) is 4.79 Å². The van der Waals surface area contributed by atoms with Crippen molar-refractivity contribution in [2.75, 3.05) is 11.9 Å². The van der Waals surface area contributed by atoms with Gasteiger partial charge in [0, 0.05) is 17.8 Å². The van der Waals surface area contributed by atoms with Gasteiger partial charge < -0.3 is 15.4 Å². The maximum Gasteiger partial charge on any atom is 0.242 e. The number of amides is 1. The number of ether oxygens (including phenoxy) is 1. The summed E-state index contributed by atoms with van der Waals surface area (Å²) < 4.78 is 5.34. The summed E-state index contributed by atoms with van der Waals surface area (Å²) in [5.41, 5.74) is 0.789. The van der Waals surface area contributed by atoms with Crippen LogP contribution in [-0.2, 0) is 4.79 Å². The quantitative estimate of drug-likeness (QED) is 0.816. The van der Waals surface area contributed by atoms with Crippen molar-refractivity contribution in [2.24, 2.45) is 0 Å². The summed E-state index contributed by atoms with van der Waals surface area (Å²) in [7, 11) is 0. The number of hydrogen-bond acceptors (Lipinski definition) is 5. The molecule has 0 radical (unpaired) electrons. The molecule has 0 bridgehead atoms. The van der Waals surface area contributed by atoms with E-state index in [4.69, 9.17) is 4.74 Å². The first kappa shape index (κ1) is 15.2. The van der Waals surface area contributed by atoms with Crippen LogP contribution in [0.1, 0.15) is 33.4 Å². The Morgan fingerprint density at radius 3 is 2.63 bits per heavy atom. The smallest absolute Gasteiger partial charge is 0.242 e. The molecule has 0 aliphatic carbocycles. The SMILES string of the molecule is CCOc1cc(C)nc(NC(C)C(=O)NC(C)C)n1. The number of aryl methyl sites for hydroxylation is 1. The summed E-state index contributed by atoms with van der Waals surface area (Å²) in [5, 5.41) is 5.80. The molecule has 1 aromatic heterocycles. The number of aromatic nitrogens is 2. The lowest BCUT2D eigenvalue weighted by molar-refractivity contribution is -0.122. The van der Waals surface area contributed by atoms with E-state index in [-0.39, 0.29) is 11.9 Å². The van der Waals surface area contributed by atoms with Gasteiger partial charge in [-0.15, -0.1) is 0 Å². The van der Waals surface area contributed by atoms with Gasteiger partial charge in [-0.2, -0.15) is 4.98 Å². The van der Waals surface area contributed by atoms with Gasteiger partial charge >= 0.3 is 0 Å². The molecule has 0 saturated carbocycles. The standard InChI is InChI=1S/C13H22N4O2/c1-6-19-11-7-9(4)15-13(17-11)16-10(5)12(18)14-8(2)3/h7-8,10H,6H2,1-5H3,(H,14,18)(H,15,16,17). The second-order valence-electron chi connectivity index (χ2n) is 4.63. The molecule has 2 N–H and O–H groups in total. The molecule has 1 amide bonds. The van der Waals surface area contributed by atoms with E-state index in [9.17, 15) is 4.79 Å². The number of anilines is 1. The molecule has 6 nitrogen and oxygen atoms in total. The Hall–Kier alpha value is -1.85. The van der Waals surface area contributed by atoms with Gasteiger partial charge in [-0.25, -0.2) is 4.98 Å². The van der Waals surface area contributed by atoms with Gasteiger partial charge in [0.1, 0.15) is 6.04 Å². The molecule has 1 aromatic rings. The molecule has 0 spiro atoms. The Labute approximate surface area is 114 Å². The van der Waals surface area contributed by atoms with Gasteiger partial charge in [0.05, 0.1) is 6.61 Å². The van der Waals surface area contributed by atoms with E-state index in [1.165, 1.54) is 0 Å². The zero-order valence-electron chi connectivity index (χ0n) is 12.2. The maximum absolute atomic E-state index is 11.8. The Balaban J connectivity index is 2.73. The van der Waals surface area contributed by atoms with Crippen molar-refractivity contribution in [2.45, 2.75) is 46.7 Å². The molecule has 1 heterocycles. The van der Waals surface area contributed by atoms with Crippen molar-refractivity contribution in [1.82, 2.24) is 15.3 Å². The van der Waals surface area contributed by atoms with Crippen molar-refractivity contribution in [3.63, 3.8) is 0 Å².